The number of rotatable bonds is 5. The quantitative estimate of drug-likeness (QED) is 0.578. The lowest BCUT2D eigenvalue weighted by molar-refractivity contribution is 0.0697. The van der Waals surface area contributed by atoms with E-state index >= 15 is 0 Å². The summed E-state index contributed by atoms with van der Waals surface area (Å²) in [5.74, 6) is 0.458. The number of aryl methyl sites for hydroxylation is 1. The van der Waals surface area contributed by atoms with Crippen molar-refractivity contribution < 1.29 is 13.2 Å². The van der Waals surface area contributed by atoms with Crippen LogP contribution in [-0.4, -0.2) is 65.9 Å². The van der Waals surface area contributed by atoms with Gasteiger partial charge in [0.1, 0.15) is 5.65 Å². The van der Waals surface area contributed by atoms with Crippen molar-refractivity contribution in [1.82, 2.24) is 18.8 Å². The molecule has 0 radical (unpaired) electrons. The average Bonchev–Trinajstić information content (AvgIpc) is 2.84. The summed E-state index contributed by atoms with van der Waals surface area (Å²) in [5.41, 5.74) is 3.18. The molecule has 0 spiro atoms. The van der Waals surface area contributed by atoms with E-state index in [1.807, 2.05) is 41.8 Å². The maximum absolute atomic E-state index is 13.8. The molecule has 2 aliphatic heterocycles. The molecule has 35 heavy (non-hydrogen) atoms. The van der Waals surface area contributed by atoms with E-state index in [1.165, 1.54) is 10.6 Å². The third-order valence-electron chi connectivity index (χ3n) is 7.02. The van der Waals surface area contributed by atoms with Crippen molar-refractivity contribution in [2.24, 2.45) is 0 Å². The van der Waals surface area contributed by atoms with Gasteiger partial charge >= 0.3 is 0 Å². The minimum Gasteiger partial charge on any atom is -0.381 e. The van der Waals surface area contributed by atoms with Gasteiger partial charge in [-0.2, -0.15) is 4.98 Å². The van der Waals surface area contributed by atoms with E-state index in [1.54, 1.807) is 6.20 Å². The second-order valence-corrected chi connectivity index (χ2v) is 11.4. The minimum absolute atomic E-state index is 0.00321. The number of piperidine rings is 1. The van der Waals surface area contributed by atoms with E-state index in [0.29, 0.717) is 56.3 Å². The average molecular weight is 498 g/mol. The maximum atomic E-state index is 13.8. The molecular formula is C25H31N5O4S. The Bertz CT molecular complexity index is 1390. The van der Waals surface area contributed by atoms with Gasteiger partial charge in [0.15, 0.2) is 0 Å². The molecule has 2 saturated heterocycles. The molecule has 0 saturated carbocycles. The summed E-state index contributed by atoms with van der Waals surface area (Å²) in [5, 5.41) is 4.18. The second-order valence-electron chi connectivity index (χ2n) is 9.44. The molecule has 9 nitrogen and oxygen atoms in total. The van der Waals surface area contributed by atoms with Crippen LogP contribution in [0.15, 0.2) is 41.3 Å². The second kappa shape index (κ2) is 9.67. The van der Waals surface area contributed by atoms with E-state index < -0.39 is 10.0 Å². The fraction of sp³-hybridized carbons (Fsp3) is 0.480. The van der Waals surface area contributed by atoms with Crippen molar-refractivity contribution in [2.45, 2.75) is 44.7 Å². The number of benzene rings is 1. The number of fused-ring (bicyclic) bond motifs is 1. The lowest BCUT2D eigenvalue weighted by Gasteiger charge is -2.30. The number of aromatic nitrogens is 3. The Kier molecular flexibility index (Phi) is 6.61. The van der Waals surface area contributed by atoms with E-state index in [-0.39, 0.29) is 17.6 Å². The molecular weight excluding hydrogens is 466 g/mol. The zero-order chi connectivity index (χ0) is 24.6. The number of ether oxygens (including phenoxy) is 1. The summed E-state index contributed by atoms with van der Waals surface area (Å²) < 4.78 is 32.5. The molecule has 0 unspecified atom stereocenters. The smallest absolute Gasteiger partial charge is 0.260 e. The third kappa shape index (κ3) is 4.96. The largest absolute Gasteiger partial charge is 0.381 e. The van der Waals surface area contributed by atoms with Crippen molar-refractivity contribution in [1.29, 1.82) is 0 Å². The van der Waals surface area contributed by atoms with Gasteiger partial charge in [-0.25, -0.2) is 17.7 Å². The van der Waals surface area contributed by atoms with Gasteiger partial charge in [0.2, 0.25) is 16.0 Å². The molecule has 2 aliphatic rings. The van der Waals surface area contributed by atoms with Crippen molar-refractivity contribution in [3.63, 3.8) is 0 Å². The van der Waals surface area contributed by atoms with E-state index in [9.17, 15) is 13.2 Å². The summed E-state index contributed by atoms with van der Waals surface area (Å²) in [4.78, 5) is 23.2. The van der Waals surface area contributed by atoms with Gasteiger partial charge in [-0.3, -0.25) is 9.36 Å². The maximum Gasteiger partial charge on any atom is 0.260 e. The van der Waals surface area contributed by atoms with Crippen LogP contribution in [0.3, 0.4) is 0 Å². The SMILES string of the molecule is Cc1ccccc1-c1cc2cnc(NC3CCN(S(C)(=O)=O)CC3)nc2n(C2CCOCC2)c1=O. The van der Waals surface area contributed by atoms with Gasteiger partial charge in [0.05, 0.1) is 6.26 Å². The number of sulfonamides is 1. The Hall–Kier alpha value is -2.82. The fourth-order valence-corrected chi connectivity index (χ4v) is 5.93. The Morgan fingerprint density at radius 1 is 1.06 bits per heavy atom. The summed E-state index contributed by atoms with van der Waals surface area (Å²) in [6.07, 6.45) is 5.87. The van der Waals surface area contributed by atoms with Crippen LogP contribution in [0.4, 0.5) is 5.95 Å². The number of hydrogen-bond acceptors (Lipinski definition) is 7. The highest BCUT2D eigenvalue weighted by atomic mass is 32.2. The number of pyridine rings is 1. The molecule has 0 amide bonds. The highest BCUT2D eigenvalue weighted by molar-refractivity contribution is 7.88. The monoisotopic (exact) mass is 497 g/mol. The molecule has 10 heteroatoms. The van der Waals surface area contributed by atoms with Gasteiger partial charge in [0.25, 0.3) is 5.56 Å². The van der Waals surface area contributed by atoms with Crippen LogP contribution in [0.2, 0.25) is 0 Å². The first-order valence-corrected chi connectivity index (χ1v) is 13.9. The van der Waals surface area contributed by atoms with Gasteiger partial charge in [0, 0.05) is 55.5 Å². The first kappa shape index (κ1) is 23.9. The topological polar surface area (TPSA) is 106 Å². The zero-order valence-electron chi connectivity index (χ0n) is 20.1. The highest BCUT2D eigenvalue weighted by Crippen LogP contribution is 2.28. The predicted molar refractivity (Wildman–Crippen MR) is 136 cm³/mol. The number of nitrogens with zero attached hydrogens (tertiary/aromatic N) is 4. The highest BCUT2D eigenvalue weighted by Gasteiger charge is 2.26. The number of anilines is 1. The van der Waals surface area contributed by atoms with Crippen LogP contribution in [0.5, 0.6) is 0 Å². The van der Waals surface area contributed by atoms with Gasteiger partial charge in [-0.1, -0.05) is 24.3 Å². The van der Waals surface area contributed by atoms with Crippen molar-refractivity contribution in [3.05, 3.63) is 52.4 Å². The van der Waals surface area contributed by atoms with Crippen LogP contribution >= 0.6 is 0 Å². The molecule has 5 rings (SSSR count). The van der Waals surface area contributed by atoms with Crippen LogP contribution in [0, 0.1) is 6.92 Å². The zero-order valence-corrected chi connectivity index (χ0v) is 20.9. The minimum atomic E-state index is -3.18. The summed E-state index contributed by atoms with van der Waals surface area (Å²) in [6.45, 7) is 4.17. The molecule has 2 fully saturated rings. The van der Waals surface area contributed by atoms with Crippen molar-refractivity contribution in [2.75, 3.05) is 37.9 Å². The molecule has 0 atom stereocenters. The van der Waals surface area contributed by atoms with Gasteiger partial charge < -0.3 is 10.1 Å². The molecule has 2 aromatic heterocycles. The van der Waals surface area contributed by atoms with E-state index in [2.05, 4.69) is 10.3 Å². The normalized spacial score (nSPS) is 18.7. The van der Waals surface area contributed by atoms with E-state index in [4.69, 9.17) is 9.72 Å². The molecule has 0 aliphatic carbocycles. The first-order valence-electron chi connectivity index (χ1n) is 12.1. The predicted octanol–water partition coefficient (Wildman–Crippen LogP) is 2.95. The van der Waals surface area contributed by atoms with Crippen molar-refractivity contribution >= 4 is 27.0 Å². The number of hydrogen-bond donors (Lipinski definition) is 1. The van der Waals surface area contributed by atoms with Crippen LogP contribution in [0.1, 0.15) is 37.3 Å². The fourth-order valence-electron chi connectivity index (χ4n) is 5.05. The first-order chi connectivity index (χ1) is 16.8. The van der Waals surface area contributed by atoms with Crippen LogP contribution in [0.25, 0.3) is 22.2 Å². The van der Waals surface area contributed by atoms with E-state index in [0.717, 1.165) is 29.4 Å². The molecule has 1 aromatic carbocycles. The third-order valence-corrected chi connectivity index (χ3v) is 8.32. The Labute approximate surface area is 205 Å². The standard InChI is InChI=1S/C25H31N5O4S/c1-17-5-3-4-6-21(17)22-15-18-16-26-25(27-19-7-11-29(12-8-19)35(2,32)33)28-23(18)30(24(22)31)20-9-13-34-14-10-20/h3-6,15-16,19-20H,7-14H2,1-2H3,(H,26,27,28). The Morgan fingerprint density at radius 2 is 1.77 bits per heavy atom. The summed E-state index contributed by atoms with van der Waals surface area (Å²) >= 11 is 0. The molecule has 0 bridgehead atoms. The Balaban J connectivity index is 1.52. The lowest BCUT2D eigenvalue weighted by atomic mass is 10.00. The lowest BCUT2D eigenvalue weighted by Crippen LogP contribution is -2.42. The Morgan fingerprint density at radius 3 is 2.46 bits per heavy atom. The van der Waals surface area contributed by atoms with Crippen LogP contribution in [-0.2, 0) is 14.8 Å². The summed E-state index contributed by atoms with van der Waals surface area (Å²) in [7, 11) is -3.18. The molecule has 1 N–H and O–H groups in total. The van der Waals surface area contributed by atoms with Gasteiger partial charge in [-0.15, -0.1) is 0 Å². The molecule has 3 aromatic rings. The number of nitrogens with one attached hydrogen (secondary N) is 1. The van der Waals surface area contributed by atoms with Crippen molar-refractivity contribution in [3.8, 4) is 11.1 Å². The molecule has 186 valence electrons. The summed E-state index contributed by atoms with van der Waals surface area (Å²) in [6, 6.07) is 9.87. The molecule has 4 heterocycles. The van der Waals surface area contributed by atoms with Crippen LogP contribution < -0.4 is 10.9 Å². The van der Waals surface area contributed by atoms with Gasteiger partial charge in [-0.05, 0) is 49.8 Å².